The molecule has 1 aliphatic heterocycles. The molecular formula is C22H26F3N5O2. The van der Waals surface area contributed by atoms with E-state index in [1.54, 1.807) is 18.2 Å². The van der Waals surface area contributed by atoms with Gasteiger partial charge in [-0.1, -0.05) is 25.5 Å². The van der Waals surface area contributed by atoms with E-state index in [0.717, 1.165) is 36.7 Å². The van der Waals surface area contributed by atoms with Crippen molar-refractivity contribution in [3.05, 3.63) is 59.9 Å². The molecular weight excluding hydrogens is 423 g/mol. The Balaban J connectivity index is 1.75. The Morgan fingerprint density at radius 1 is 1.12 bits per heavy atom. The fourth-order valence-electron chi connectivity index (χ4n) is 3.30. The molecule has 2 aromatic carbocycles. The van der Waals surface area contributed by atoms with Crippen LogP contribution >= 0.6 is 0 Å². The van der Waals surface area contributed by atoms with Crippen molar-refractivity contribution in [1.29, 1.82) is 0 Å². The lowest BCUT2D eigenvalue weighted by Gasteiger charge is -2.25. The minimum absolute atomic E-state index is 0.322. The maximum Gasteiger partial charge on any atom is 0.418 e. The van der Waals surface area contributed by atoms with E-state index in [0.29, 0.717) is 11.4 Å². The minimum Gasteiger partial charge on any atom is -0.494 e. The number of unbranched alkanes of at least 4 members (excludes halogenated alkanes) is 1. The summed E-state index contributed by atoms with van der Waals surface area (Å²) < 4.78 is 44.9. The quantitative estimate of drug-likeness (QED) is 0.516. The predicted molar refractivity (Wildman–Crippen MR) is 118 cm³/mol. The molecule has 0 bridgehead atoms. The molecule has 10 heteroatoms. The summed E-state index contributed by atoms with van der Waals surface area (Å²) in [4.78, 5) is 12.4. The zero-order chi connectivity index (χ0) is 23.3. The number of nitrogens with zero attached hydrogens (tertiary/aromatic N) is 2. The summed E-state index contributed by atoms with van der Waals surface area (Å²) in [5.41, 5.74) is 4.21. The van der Waals surface area contributed by atoms with Crippen molar-refractivity contribution in [1.82, 2.24) is 10.5 Å². The zero-order valence-corrected chi connectivity index (χ0v) is 18.1. The number of carbonyl (C=O) groups excluding carboxylic acids is 1. The molecule has 1 aliphatic rings. The Hall–Kier alpha value is -3.40. The van der Waals surface area contributed by atoms with E-state index < -0.39 is 17.8 Å². The van der Waals surface area contributed by atoms with Crippen molar-refractivity contribution in [2.75, 3.05) is 29.8 Å². The average molecular weight is 449 g/mol. The lowest BCUT2D eigenvalue weighted by molar-refractivity contribution is -0.136. The summed E-state index contributed by atoms with van der Waals surface area (Å²) in [6.45, 7) is 2.13. The minimum atomic E-state index is -4.58. The molecule has 2 amide bonds. The zero-order valence-electron chi connectivity index (χ0n) is 18.1. The topological polar surface area (TPSA) is 68.9 Å². The SMILES string of the molecule is CCCCC1=CN(c2ccc(NC(=O)Nc3ccccc3C(F)(F)F)c(OC)c2)N(C)N1. The molecule has 3 N–H and O–H groups in total. The molecule has 2 aromatic rings. The number of amides is 2. The van der Waals surface area contributed by atoms with Gasteiger partial charge < -0.3 is 20.8 Å². The number of hydrogen-bond acceptors (Lipinski definition) is 5. The second-order valence-electron chi connectivity index (χ2n) is 7.24. The Labute approximate surface area is 184 Å². The highest BCUT2D eigenvalue weighted by Crippen LogP contribution is 2.35. The Kier molecular flexibility index (Phi) is 7.14. The second kappa shape index (κ2) is 9.82. The first kappa shape index (κ1) is 23.3. The number of urea groups is 1. The van der Waals surface area contributed by atoms with E-state index in [9.17, 15) is 18.0 Å². The summed E-state index contributed by atoms with van der Waals surface area (Å²) in [6, 6.07) is 9.12. The number of benzene rings is 2. The standard InChI is InChI=1S/C22H26F3N5O2/c1-4-5-8-15-14-30(29(2)28-15)16-11-12-19(20(13-16)32-3)27-21(31)26-18-10-7-6-9-17(18)22(23,24)25/h6-7,9-14,28H,4-5,8H2,1-3H3,(H2,26,27,31). The monoisotopic (exact) mass is 449 g/mol. The maximum atomic E-state index is 13.2. The van der Waals surface area contributed by atoms with Crippen LogP contribution in [0.25, 0.3) is 0 Å². The van der Waals surface area contributed by atoms with Crippen molar-refractivity contribution in [3.8, 4) is 5.75 Å². The van der Waals surface area contributed by atoms with Gasteiger partial charge in [-0.25, -0.2) is 4.79 Å². The number of alkyl halides is 3. The van der Waals surface area contributed by atoms with E-state index in [2.05, 4.69) is 23.0 Å². The number of anilines is 3. The van der Waals surface area contributed by atoms with Crippen molar-refractivity contribution in [3.63, 3.8) is 0 Å². The molecule has 0 unspecified atom stereocenters. The molecule has 0 atom stereocenters. The van der Waals surface area contributed by atoms with Crippen molar-refractivity contribution < 1.29 is 22.7 Å². The molecule has 0 fully saturated rings. The molecule has 7 nitrogen and oxygen atoms in total. The molecule has 32 heavy (non-hydrogen) atoms. The van der Waals surface area contributed by atoms with Gasteiger partial charge in [0.25, 0.3) is 0 Å². The van der Waals surface area contributed by atoms with Gasteiger partial charge in [-0.05, 0) is 37.1 Å². The van der Waals surface area contributed by atoms with Gasteiger partial charge in [0.2, 0.25) is 0 Å². The van der Waals surface area contributed by atoms with Crippen LogP contribution in [-0.2, 0) is 6.18 Å². The van der Waals surface area contributed by atoms with Crippen molar-refractivity contribution in [2.45, 2.75) is 32.4 Å². The van der Waals surface area contributed by atoms with Gasteiger partial charge in [-0.2, -0.15) is 13.2 Å². The third kappa shape index (κ3) is 5.44. The molecule has 0 radical (unpaired) electrons. The van der Waals surface area contributed by atoms with Gasteiger partial charge in [0.15, 0.2) is 0 Å². The van der Waals surface area contributed by atoms with Gasteiger partial charge in [0.1, 0.15) is 5.75 Å². The normalized spacial score (nSPS) is 14.1. The van der Waals surface area contributed by atoms with E-state index in [-0.39, 0.29) is 5.69 Å². The molecule has 172 valence electrons. The van der Waals surface area contributed by atoms with E-state index in [4.69, 9.17) is 4.74 Å². The highest BCUT2D eigenvalue weighted by Gasteiger charge is 2.33. The number of methoxy groups -OCH3 is 1. The van der Waals surface area contributed by atoms with Crippen LogP contribution in [0.5, 0.6) is 5.75 Å². The number of carbonyl (C=O) groups is 1. The second-order valence-corrected chi connectivity index (χ2v) is 7.24. The van der Waals surface area contributed by atoms with Crippen LogP contribution in [0, 0.1) is 0 Å². The lowest BCUT2D eigenvalue weighted by Crippen LogP contribution is -2.38. The predicted octanol–water partition coefficient (Wildman–Crippen LogP) is 5.56. The highest BCUT2D eigenvalue weighted by atomic mass is 19.4. The third-order valence-corrected chi connectivity index (χ3v) is 4.88. The fraction of sp³-hybridized carbons (Fsp3) is 0.318. The van der Waals surface area contributed by atoms with Crippen LogP contribution in [0.15, 0.2) is 54.4 Å². The number of allylic oxidation sites excluding steroid dienone is 1. The number of halogens is 3. The van der Waals surface area contributed by atoms with Crippen LogP contribution in [0.3, 0.4) is 0 Å². The first-order valence-electron chi connectivity index (χ1n) is 10.2. The highest BCUT2D eigenvalue weighted by molar-refractivity contribution is 6.01. The van der Waals surface area contributed by atoms with E-state index in [1.807, 2.05) is 23.4 Å². The van der Waals surface area contributed by atoms with Crippen molar-refractivity contribution >= 4 is 23.1 Å². The van der Waals surface area contributed by atoms with Crippen LogP contribution in [0.1, 0.15) is 31.7 Å². The maximum absolute atomic E-state index is 13.2. The number of rotatable bonds is 7. The summed E-state index contributed by atoms with van der Waals surface area (Å²) in [5, 5.41) is 8.53. The first-order chi connectivity index (χ1) is 15.2. The van der Waals surface area contributed by atoms with Gasteiger partial charge in [0.05, 0.1) is 29.7 Å². The van der Waals surface area contributed by atoms with Crippen LogP contribution < -0.4 is 25.8 Å². The number of ether oxygens (including phenoxy) is 1. The summed E-state index contributed by atoms with van der Waals surface area (Å²) >= 11 is 0. The number of nitrogens with one attached hydrogen (secondary N) is 3. The molecule has 3 rings (SSSR count). The van der Waals surface area contributed by atoms with E-state index in [1.165, 1.54) is 25.3 Å². The first-order valence-corrected chi connectivity index (χ1v) is 10.2. The number of para-hydroxylation sites is 1. The Morgan fingerprint density at radius 2 is 1.84 bits per heavy atom. The molecule has 0 aromatic heterocycles. The van der Waals surface area contributed by atoms with Crippen molar-refractivity contribution in [2.24, 2.45) is 0 Å². The lowest BCUT2D eigenvalue weighted by atomic mass is 10.1. The fourth-order valence-corrected chi connectivity index (χ4v) is 3.30. The smallest absolute Gasteiger partial charge is 0.418 e. The molecule has 0 aliphatic carbocycles. The summed E-state index contributed by atoms with van der Waals surface area (Å²) in [5.74, 6) is 0.366. The largest absolute Gasteiger partial charge is 0.494 e. The molecule has 0 saturated carbocycles. The number of hydrogen-bond donors (Lipinski definition) is 3. The van der Waals surface area contributed by atoms with E-state index >= 15 is 0 Å². The van der Waals surface area contributed by atoms with Gasteiger partial charge in [-0.3, -0.25) is 5.01 Å². The van der Waals surface area contributed by atoms with Gasteiger partial charge >= 0.3 is 12.2 Å². The average Bonchev–Trinajstić information content (AvgIpc) is 3.12. The Morgan fingerprint density at radius 3 is 2.53 bits per heavy atom. The third-order valence-electron chi connectivity index (χ3n) is 4.88. The van der Waals surface area contributed by atoms with Crippen LogP contribution in [0.2, 0.25) is 0 Å². The van der Waals surface area contributed by atoms with Gasteiger partial charge in [-0.15, -0.1) is 5.12 Å². The molecule has 1 heterocycles. The molecule has 0 spiro atoms. The Bertz CT molecular complexity index is 994. The van der Waals surface area contributed by atoms with Crippen LogP contribution in [0.4, 0.5) is 35.0 Å². The molecule has 0 saturated heterocycles. The summed E-state index contributed by atoms with van der Waals surface area (Å²) in [7, 11) is 3.33. The summed E-state index contributed by atoms with van der Waals surface area (Å²) in [6.07, 6.45) is 0.486. The number of hydrazine groups is 2. The van der Waals surface area contributed by atoms with Crippen LogP contribution in [-0.4, -0.2) is 25.3 Å². The van der Waals surface area contributed by atoms with Gasteiger partial charge in [0, 0.05) is 25.0 Å².